The molecule has 1 atom stereocenters. The molecule has 5 aromatic rings. The average Bonchev–Trinajstić information content (AvgIpc) is 3.57. The fourth-order valence-electron chi connectivity index (χ4n) is 5.01. The minimum atomic E-state index is -0.0363. The molecular formula is C27H27ClN6O. The Kier molecular flexibility index (Phi) is 6.28. The highest BCUT2D eigenvalue weighted by molar-refractivity contribution is 5.85. The van der Waals surface area contributed by atoms with Crippen molar-refractivity contribution < 1.29 is 0 Å². The van der Waals surface area contributed by atoms with Crippen molar-refractivity contribution in [3.8, 4) is 16.8 Å². The van der Waals surface area contributed by atoms with E-state index < -0.39 is 0 Å². The molecule has 2 aromatic carbocycles. The van der Waals surface area contributed by atoms with Crippen molar-refractivity contribution in [2.75, 3.05) is 13.1 Å². The molecule has 7 nitrogen and oxygen atoms in total. The van der Waals surface area contributed by atoms with Gasteiger partial charge in [0.1, 0.15) is 0 Å². The van der Waals surface area contributed by atoms with Gasteiger partial charge in [-0.2, -0.15) is 0 Å². The Balaban J connectivity index is 0.00000253. The van der Waals surface area contributed by atoms with Crippen LogP contribution in [0.15, 0.2) is 90.2 Å². The number of halogens is 1. The summed E-state index contributed by atoms with van der Waals surface area (Å²) in [5, 5.41) is 0. The van der Waals surface area contributed by atoms with Crippen molar-refractivity contribution in [3.05, 3.63) is 102 Å². The van der Waals surface area contributed by atoms with Gasteiger partial charge in [0.25, 0.3) is 0 Å². The molecule has 0 saturated carbocycles. The molecule has 1 aliphatic rings. The number of hydrogen-bond acceptors (Lipinski definition) is 4. The first-order valence-corrected chi connectivity index (χ1v) is 11.6. The summed E-state index contributed by atoms with van der Waals surface area (Å²) in [4.78, 5) is 25.2. The summed E-state index contributed by atoms with van der Waals surface area (Å²) < 4.78 is 5.64. The van der Waals surface area contributed by atoms with Crippen molar-refractivity contribution >= 4 is 23.6 Å². The fourth-order valence-corrected chi connectivity index (χ4v) is 5.01. The summed E-state index contributed by atoms with van der Waals surface area (Å²) >= 11 is 0. The van der Waals surface area contributed by atoms with Crippen LogP contribution in [-0.2, 0) is 13.6 Å². The van der Waals surface area contributed by atoms with Gasteiger partial charge in [0.2, 0.25) is 0 Å². The highest BCUT2D eigenvalue weighted by atomic mass is 35.5. The van der Waals surface area contributed by atoms with Crippen LogP contribution < -0.4 is 5.69 Å². The number of hydrogen-bond donors (Lipinski definition) is 0. The zero-order chi connectivity index (χ0) is 23.1. The van der Waals surface area contributed by atoms with E-state index in [0.717, 1.165) is 59.7 Å². The van der Waals surface area contributed by atoms with Gasteiger partial charge in [-0.1, -0.05) is 42.5 Å². The summed E-state index contributed by atoms with van der Waals surface area (Å²) in [6, 6.07) is 22.4. The largest absolute Gasteiger partial charge is 0.340 e. The van der Waals surface area contributed by atoms with Gasteiger partial charge in [0, 0.05) is 39.1 Å². The van der Waals surface area contributed by atoms with Crippen LogP contribution in [0.4, 0.5) is 0 Å². The van der Waals surface area contributed by atoms with Crippen molar-refractivity contribution in [2.45, 2.75) is 19.0 Å². The van der Waals surface area contributed by atoms with Gasteiger partial charge in [-0.15, -0.1) is 12.4 Å². The van der Waals surface area contributed by atoms with Crippen LogP contribution in [0.5, 0.6) is 0 Å². The number of benzene rings is 2. The van der Waals surface area contributed by atoms with E-state index >= 15 is 0 Å². The monoisotopic (exact) mass is 486 g/mol. The second kappa shape index (κ2) is 9.52. The lowest BCUT2D eigenvalue weighted by molar-refractivity contribution is 0.312. The van der Waals surface area contributed by atoms with Crippen molar-refractivity contribution in [2.24, 2.45) is 7.05 Å². The molecule has 178 valence electrons. The fraction of sp³-hybridized carbons (Fsp3) is 0.222. The summed E-state index contributed by atoms with van der Waals surface area (Å²) in [5.41, 5.74) is 5.72. The molecule has 1 fully saturated rings. The third-order valence-corrected chi connectivity index (χ3v) is 6.62. The molecule has 0 spiro atoms. The van der Waals surface area contributed by atoms with Crippen LogP contribution in [0, 0.1) is 0 Å². The van der Waals surface area contributed by atoms with Gasteiger partial charge >= 0.3 is 5.69 Å². The standard InChI is InChI=1S/C27H26N6O.ClH/c1-30-16-22(29-19-30)17-31-15-13-24(18-31)33-26-25(8-5-14-28-26)32(27(33)34)23-11-9-21(10-12-23)20-6-3-2-4-7-20;/h2-12,14,16,19,24H,13,15,17-18H2,1H3;1H/t24-;/m0./s1. The van der Waals surface area contributed by atoms with Gasteiger partial charge < -0.3 is 4.57 Å². The number of fused-ring (bicyclic) bond motifs is 1. The number of likely N-dealkylation sites (tertiary alicyclic amines) is 1. The third kappa shape index (κ3) is 4.29. The molecule has 3 aromatic heterocycles. The van der Waals surface area contributed by atoms with Crippen LogP contribution in [0.3, 0.4) is 0 Å². The quantitative estimate of drug-likeness (QED) is 0.368. The highest BCUT2D eigenvalue weighted by Gasteiger charge is 2.29. The number of aromatic nitrogens is 5. The summed E-state index contributed by atoms with van der Waals surface area (Å²) in [7, 11) is 1.98. The van der Waals surface area contributed by atoms with Crippen LogP contribution >= 0.6 is 12.4 Å². The molecule has 0 unspecified atom stereocenters. The lowest BCUT2D eigenvalue weighted by atomic mass is 10.1. The number of rotatable bonds is 5. The van der Waals surface area contributed by atoms with E-state index in [-0.39, 0.29) is 24.1 Å². The van der Waals surface area contributed by atoms with Crippen molar-refractivity contribution in [1.29, 1.82) is 0 Å². The first-order valence-electron chi connectivity index (χ1n) is 11.6. The van der Waals surface area contributed by atoms with Gasteiger partial charge in [-0.25, -0.2) is 14.8 Å². The normalized spacial score (nSPS) is 16.0. The van der Waals surface area contributed by atoms with E-state index in [2.05, 4.69) is 39.1 Å². The van der Waals surface area contributed by atoms with Crippen LogP contribution in [-0.4, -0.2) is 41.7 Å². The number of pyridine rings is 1. The molecule has 0 bridgehead atoms. The molecule has 0 aliphatic carbocycles. The Bertz CT molecular complexity index is 1500. The van der Waals surface area contributed by atoms with Crippen molar-refractivity contribution in [3.63, 3.8) is 0 Å². The lowest BCUT2D eigenvalue weighted by Crippen LogP contribution is -2.29. The van der Waals surface area contributed by atoms with E-state index in [0.29, 0.717) is 0 Å². The van der Waals surface area contributed by atoms with Crippen LogP contribution in [0.25, 0.3) is 28.0 Å². The summed E-state index contributed by atoms with van der Waals surface area (Å²) in [5.74, 6) is 0. The van der Waals surface area contributed by atoms with Crippen LogP contribution in [0.2, 0.25) is 0 Å². The Labute approximate surface area is 209 Å². The van der Waals surface area contributed by atoms with Gasteiger partial charge in [0.05, 0.1) is 29.3 Å². The zero-order valence-electron chi connectivity index (χ0n) is 19.5. The minimum absolute atomic E-state index is 0. The van der Waals surface area contributed by atoms with Gasteiger partial charge in [-0.05, 0) is 41.8 Å². The maximum Gasteiger partial charge on any atom is 0.335 e. The first-order chi connectivity index (χ1) is 16.7. The Morgan fingerprint density at radius 1 is 0.943 bits per heavy atom. The average molecular weight is 487 g/mol. The lowest BCUT2D eigenvalue weighted by Gasteiger charge is -2.15. The highest BCUT2D eigenvalue weighted by Crippen LogP contribution is 2.27. The molecule has 0 amide bonds. The smallest absolute Gasteiger partial charge is 0.335 e. The second-order valence-corrected chi connectivity index (χ2v) is 8.96. The molecular weight excluding hydrogens is 460 g/mol. The van der Waals surface area contributed by atoms with Crippen molar-refractivity contribution in [1.82, 2.24) is 28.6 Å². The summed E-state index contributed by atoms with van der Waals surface area (Å²) in [6.07, 6.45) is 6.55. The van der Waals surface area contributed by atoms with E-state index in [9.17, 15) is 4.79 Å². The molecule has 6 rings (SSSR count). The molecule has 1 aliphatic heterocycles. The predicted molar refractivity (Wildman–Crippen MR) is 140 cm³/mol. The topological polar surface area (TPSA) is 60.9 Å². The maximum absolute atomic E-state index is 13.8. The second-order valence-electron chi connectivity index (χ2n) is 8.96. The Morgan fingerprint density at radius 2 is 1.71 bits per heavy atom. The Morgan fingerprint density at radius 3 is 2.46 bits per heavy atom. The third-order valence-electron chi connectivity index (χ3n) is 6.62. The molecule has 8 heteroatoms. The molecule has 4 heterocycles. The maximum atomic E-state index is 13.8. The molecule has 0 N–H and O–H groups in total. The zero-order valence-corrected chi connectivity index (χ0v) is 20.3. The number of imidazole rings is 2. The molecule has 1 saturated heterocycles. The van der Waals surface area contributed by atoms with Gasteiger partial charge in [0.15, 0.2) is 5.65 Å². The SMILES string of the molecule is Cl.Cn1cnc(CN2CC[C@H](n3c(=O)n(-c4ccc(-c5ccccc5)cc4)c4cccnc43)C2)c1. The number of nitrogens with zero attached hydrogens (tertiary/aromatic N) is 6. The predicted octanol–water partition coefficient (Wildman–Crippen LogP) is 4.46. The summed E-state index contributed by atoms with van der Waals surface area (Å²) in [6.45, 7) is 2.52. The van der Waals surface area contributed by atoms with Gasteiger partial charge in [-0.3, -0.25) is 14.0 Å². The Hall–Kier alpha value is -3.68. The number of aryl methyl sites for hydroxylation is 1. The van der Waals surface area contributed by atoms with E-state index in [1.807, 2.05) is 71.2 Å². The van der Waals surface area contributed by atoms with E-state index in [1.165, 1.54) is 0 Å². The first kappa shape index (κ1) is 23.1. The minimum Gasteiger partial charge on any atom is -0.340 e. The molecule has 35 heavy (non-hydrogen) atoms. The van der Waals surface area contributed by atoms with E-state index in [1.54, 1.807) is 10.8 Å². The van der Waals surface area contributed by atoms with Crippen LogP contribution in [0.1, 0.15) is 18.2 Å². The van der Waals surface area contributed by atoms with E-state index in [4.69, 9.17) is 0 Å². The molecule has 0 radical (unpaired) electrons.